The highest BCUT2D eigenvalue weighted by Crippen LogP contribution is 2.13. The quantitative estimate of drug-likeness (QED) is 0.599. The van der Waals surface area contributed by atoms with Crippen molar-refractivity contribution in [3.63, 3.8) is 0 Å². The van der Waals surface area contributed by atoms with Crippen molar-refractivity contribution in [1.82, 2.24) is 4.98 Å². The fraction of sp³-hybridized carbons (Fsp3) is 0.333. The van der Waals surface area contributed by atoms with E-state index in [0.29, 0.717) is 5.69 Å². The average molecular weight is 188 g/mol. The summed E-state index contributed by atoms with van der Waals surface area (Å²) in [5.41, 5.74) is 7.33. The highest BCUT2D eigenvalue weighted by atomic mass is 32.1. The minimum atomic E-state index is -1.59. The largest absolute Gasteiger partial charge is 0.479 e. The molecule has 0 aromatic carbocycles. The van der Waals surface area contributed by atoms with Gasteiger partial charge in [-0.1, -0.05) is 0 Å². The number of carbonyl (C=O) groups is 1. The summed E-state index contributed by atoms with van der Waals surface area (Å²) in [6, 6.07) is -0.950. The van der Waals surface area contributed by atoms with Crippen LogP contribution in [0.2, 0.25) is 0 Å². The van der Waals surface area contributed by atoms with Crippen molar-refractivity contribution < 1.29 is 15.0 Å². The van der Waals surface area contributed by atoms with E-state index < -0.39 is 18.1 Å². The van der Waals surface area contributed by atoms with Crippen LogP contribution in [0.25, 0.3) is 0 Å². The Morgan fingerprint density at radius 1 is 1.75 bits per heavy atom. The lowest BCUT2D eigenvalue weighted by atomic mass is 10.1. The van der Waals surface area contributed by atoms with Crippen molar-refractivity contribution in [1.29, 1.82) is 0 Å². The molecule has 0 unspecified atom stereocenters. The summed E-state index contributed by atoms with van der Waals surface area (Å²) in [5, 5.41) is 19.0. The Morgan fingerprint density at radius 3 is 2.83 bits per heavy atom. The first-order valence-electron chi connectivity index (χ1n) is 3.17. The molecular formula is C6H8N2O3S. The highest BCUT2D eigenvalue weighted by Gasteiger charge is 2.24. The van der Waals surface area contributed by atoms with Crippen LogP contribution in [-0.4, -0.2) is 27.3 Å². The molecule has 6 heteroatoms. The van der Waals surface area contributed by atoms with Gasteiger partial charge in [0.05, 0.1) is 17.2 Å². The van der Waals surface area contributed by atoms with E-state index in [4.69, 9.17) is 15.9 Å². The molecule has 2 atom stereocenters. The van der Waals surface area contributed by atoms with Gasteiger partial charge in [0.2, 0.25) is 0 Å². The minimum Gasteiger partial charge on any atom is -0.479 e. The van der Waals surface area contributed by atoms with Gasteiger partial charge in [-0.2, -0.15) is 0 Å². The standard InChI is InChI=1S/C6H8N2O3S/c7-4(5(9)6(10)11)3-1-12-2-8-3/h1-2,4-5,9H,7H2,(H,10,11)/t4-,5+/m0/s1. The number of aromatic nitrogens is 1. The van der Waals surface area contributed by atoms with Gasteiger partial charge in [-0.15, -0.1) is 11.3 Å². The maximum Gasteiger partial charge on any atom is 0.334 e. The summed E-state index contributed by atoms with van der Waals surface area (Å²) in [4.78, 5) is 14.1. The van der Waals surface area contributed by atoms with E-state index >= 15 is 0 Å². The van der Waals surface area contributed by atoms with Crippen molar-refractivity contribution in [2.45, 2.75) is 12.1 Å². The molecule has 0 saturated carbocycles. The maximum atomic E-state index is 10.3. The first-order chi connectivity index (χ1) is 5.63. The summed E-state index contributed by atoms with van der Waals surface area (Å²) in [6.07, 6.45) is -1.59. The maximum absolute atomic E-state index is 10.3. The van der Waals surface area contributed by atoms with Crippen molar-refractivity contribution >= 4 is 17.3 Å². The SMILES string of the molecule is N[C@@H](c1cscn1)[C@@H](O)C(=O)O. The van der Waals surface area contributed by atoms with Crippen LogP contribution >= 0.6 is 11.3 Å². The summed E-state index contributed by atoms with van der Waals surface area (Å²) in [7, 11) is 0. The van der Waals surface area contributed by atoms with Gasteiger partial charge < -0.3 is 15.9 Å². The average Bonchev–Trinajstić information content (AvgIpc) is 2.53. The van der Waals surface area contributed by atoms with E-state index in [-0.39, 0.29) is 0 Å². The molecule has 0 bridgehead atoms. The summed E-state index contributed by atoms with van der Waals surface area (Å²) < 4.78 is 0. The molecule has 0 aliphatic rings. The number of nitrogens with zero attached hydrogens (tertiary/aromatic N) is 1. The lowest BCUT2D eigenvalue weighted by Gasteiger charge is -2.11. The lowest BCUT2D eigenvalue weighted by Crippen LogP contribution is -2.33. The van der Waals surface area contributed by atoms with Crippen LogP contribution in [0, 0.1) is 0 Å². The topological polar surface area (TPSA) is 96.4 Å². The molecule has 0 saturated heterocycles. The Hall–Kier alpha value is -0.980. The number of aliphatic hydroxyl groups is 1. The second-order valence-corrected chi connectivity index (χ2v) is 2.94. The molecule has 5 nitrogen and oxygen atoms in total. The number of rotatable bonds is 3. The predicted octanol–water partition coefficient (Wildman–Crippen LogP) is -0.412. The third-order valence-corrected chi connectivity index (χ3v) is 1.99. The summed E-state index contributed by atoms with van der Waals surface area (Å²) in [6.45, 7) is 0. The van der Waals surface area contributed by atoms with Crippen LogP contribution in [0.5, 0.6) is 0 Å². The molecule has 1 aromatic rings. The van der Waals surface area contributed by atoms with E-state index in [9.17, 15) is 4.79 Å². The smallest absolute Gasteiger partial charge is 0.334 e. The third kappa shape index (κ3) is 1.79. The van der Waals surface area contributed by atoms with Crippen molar-refractivity contribution in [3.8, 4) is 0 Å². The first-order valence-corrected chi connectivity index (χ1v) is 4.11. The molecule has 1 heterocycles. The summed E-state index contributed by atoms with van der Waals surface area (Å²) >= 11 is 1.30. The molecule has 1 rings (SSSR count). The number of carboxylic acids is 1. The number of hydrogen-bond acceptors (Lipinski definition) is 5. The molecule has 0 amide bonds. The molecule has 66 valence electrons. The Labute approximate surface area is 72.5 Å². The van der Waals surface area contributed by atoms with Crippen molar-refractivity contribution in [3.05, 3.63) is 16.6 Å². The molecule has 0 radical (unpaired) electrons. The van der Waals surface area contributed by atoms with Crippen LogP contribution in [0.4, 0.5) is 0 Å². The van der Waals surface area contributed by atoms with Crippen LogP contribution in [0.15, 0.2) is 10.9 Å². The second kappa shape index (κ2) is 3.61. The van der Waals surface area contributed by atoms with E-state index in [2.05, 4.69) is 4.98 Å². The van der Waals surface area contributed by atoms with E-state index in [0.717, 1.165) is 0 Å². The number of hydrogen-bond donors (Lipinski definition) is 3. The minimum absolute atomic E-state index is 0.398. The monoisotopic (exact) mass is 188 g/mol. The predicted molar refractivity (Wildman–Crippen MR) is 42.7 cm³/mol. The Balaban J connectivity index is 2.71. The first kappa shape index (κ1) is 9.11. The number of thiazole rings is 1. The van der Waals surface area contributed by atoms with Crippen LogP contribution in [-0.2, 0) is 4.79 Å². The van der Waals surface area contributed by atoms with E-state index in [1.807, 2.05) is 0 Å². The van der Waals surface area contributed by atoms with Gasteiger partial charge in [0.1, 0.15) is 0 Å². The highest BCUT2D eigenvalue weighted by molar-refractivity contribution is 7.07. The molecule has 4 N–H and O–H groups in total. The van der Waals surface area contributed by atoms with Gasteiger partial charge >= 0.3 is 5.97 Å². The zero-order chi connectivity index (χ0) is 9.14. The zero-order valence-electron chi connectivity index (χ0n) is 6.04. The zero-order valence-corrected chi connectivity index (χ0v) is 6.86. The molecular weight excluding hydrogens is 180 g/mol. The molecule has 0 aliphatic carbocycles. The number of nitrogens with two attached hydrogens (primary N) is 1. The molecule has 0 fully saturated rings. The lowest BCUT2D eigenvalue weighted by molar-refractivity contribution is -0.147. The van der Waals surface area contributed by atoms with Crippen molar-refractivity contribution in [2.24, 2.45) is 5.73 Å². The Kier molecular flexibility index (Phi) is 2.74. The normalized spacial score (nSPS) is 15.5. The molecule has 0 aliphatic heterocycles. The Morgan fingerprint density at radius 2 is 2.42 bits per heavy atom. The van der Waals surface area contributed by atoms with E-state index in [1.165, 1.54) is 16.8 Å². The van der Waals surface area contributed by atoms with Crippen LogP contribution in [0.3, 0.4) is 0 Å². The van der Waals surface area contributed by atoms with Gasteiger partial charge in [-0.3, -0.25) is 0 Å². The number of carboxylic acid groups (broad SMARTS) is 1. The van der Waals surface area contributed by atoms with Gasteiger partial charge in [-0.05, 0) is 0 Å². The van der Waals surface area contributed by atoms with Crippen LogP contribution in [0.1, 0.15) is 11.7 Å². The fourth-order valence-corrected chi connectivity index (χ4v) is 1.30. The Bertz CT molecular complexity index is 262. The molecule has 1 aromatic heterocycles. The van der Waals surface area contributed by atoms with Crippen molar-refractivity contribution in [2.75, 3.05) is 0 Å². The summed E-state index contributed by atoms with van der Waals surface area (Å²) in [5.74, 6) is -1.34. The van der Waals surface area contributed by atoms with Gasteiger partial charge in [0, 0.05) is 5.38 Å². The molecule has 0 spiro atoms. The second-order valence-electron chi connectivity index (χ2n) is 2.22. The van der Waals surface area contributed by atoms with E-state index in [1.54, 1.807) is 5.38 Å². The van der Waals surface area contributed by atoms with Gasteiger partial charge in [-0.25, -0.2) is 9.78 Å². The third-order valence-electron chi connectivity index (χ3n) is 1.39. The fourth-order valence-electron chi connectivity index (χ4n) is 0.702. The number of aliphatic hydroxyl groups excluding tert-OH is 1. The molecule has 12 heavy (non-hydrogen) atoms. The van der Waals surface area contributed by atoms with Crippen LogP contribution < -0.4 is 5.73 Å². The van der Waals surface area contributed by atoms with Gasteiger partial charge in [0.25, 0.3) is 0 Å². The number of aliphatic carboxylic acids is 1. The van der Waals surface area contributed by atoms with Gasteiger partial charge in [0.15, 0.2) is 6.10 Å².